The van der Waals surface area contributed by atoms with Crippen molar-refractivity contribution in [3.63, 3.8) is 0 Å². The molecule has 0 N–H and O–H groups in total. The monoisotopic (exact) mass is 862 g/mol. The van der Waals surface area contributed by atoms with E-state index in [1.807, 2.05) is 0 Å². The van der Waals surface area contributed by atoms with Gasteiger partial charge in [-0.1, -0.05) is 194 Å². The summed E-state index contributed by atoms with van der Waals surface area (Å²) in [6.45, 7) is 6.64. The van der Waals surface area contributed by atoms with Gasteiger partial charge in [0.2, 0.25) is 0 Å². The van der Waals surface area contributed by atoms with Crippen LogP contribution in [0.4, 0.5) is 0 Å². The van der Waals surface area contributed by atoms with Gasteiger partial charge in [-0.15, -0.1) is 0 Å². The minimum absolute atomic E-state index is 0. The molecule has 0 aromatic carbocycles. The fourth-order valence-electron chi connectivity index (χ4n) is 5.30. The van der Waals surface area contributed by atoms with E-state index in [0.717, 1.165) is 38.5 Å². The van der Waals surface area contributed by atoms with Gasteiger partial charge in [-0.05, 0) is 19.3 Å². The van der Waals surface area contributed by atoms with Crippen molar-refractivity contribution in [1.82, 2.24) is 0 Å². The molecule has 0 rings (SSSR count). The van der Waals surface area contributed by atoms with Crippen LogP contribution in [0.2, 0.25) is 0 Å². The summed E-state index contributed by atoms with van der Waals surface area (Å²) in [5, 5.41) is 0. The first kappa shape index (κ1) is 56.3. The summed E-state index contributed by atoms with van der Waals surface area (Å²) >= 11 is 0. The summed E-state index contributed by atoms with van der Waals surface area (Å²) in [5.41, 5.74) is 0. The number of rotatable bonds is 33. The fraction of sp³-hybridized carbons (Fsp3) is 1.00. The van der Waals surface area contributed by atoms with Crippen molar-refractivity contribution in [2.75, 3.05) is 17.3 Å². The van der Waals surface area contributed by atoms with Crippen molar-refractivity contribution >= 4 is 56.2 Å². The van der Waals surface area contributed by atoms with Gasteiger partial charge < -0.3 is 13.7 Å². The van der Waals surface area contributed by atoms with E-state index >= 15 is 0 Å². The zero-order chi connectivity index (χ0) is 36.8. The van der Waals surface area contributed by atoms with Gasteiger partial charge in [0.15, 0.2) is 0 Å². The Hall–Kier alpha value is 0.600. The van der Waals surface area contributed by atoms with Crippen molar-refractivity contribution in [2.24, 2.45) is 0 Å². The van der Waals surface area contributed by atoms with Gasteiger partial charge in [0.05, 0.1) is 30.4 Å². The molecular weight excluding hydrogens is 787 g/mol. The van der Waals surface area contributed by atoms with Crippen LogP contribution in [0.15, 0.2) is 0 Å². The molecule has 0 aromatic rings. The molecule has 0 unspecified atom stereocenters. The van der Waals surface area contributed by atoms with Gasteiger partial charge in [0.25, 0.3) is 0 Å². The van der Waals surface area contributed by atoms with E-state index in [1.165, 1.54) is 135 Å². The molecule has 9 nitrogen and oxygen atoms in total. The van der Waals surface area contributed by atoms with Crippen LogP contribution in [0.1, 0.15) is 213 Å². The molecule has 0 spiro atoms. The van der Waals surface area contributed by atoms with E-state index in [2.05, 4.69) is 20.8 Å². The third kappa shape index (κ3) is 67.3. The van der Waals surface area contributed by atoms with Crippen LogP contribution in [0.5, 0.6) is 0 Å². The number of unbranched alkanes of at least 4 members (excludes halogenated alkanes) is 27. The predicted molar refractivity (Wildman–Crippen MR) is 205 cm³/mol. The zero-order valence-corrected chi connectivity index (χ0v) is 37.6. The maximum absolute atomic E-state index is 10.3. The molecular formula is C36H75InO9S3. The van der Waals surface area contributed by atoms with Gasteiger partial charge in [-0.25, -0.2) is 25.3 Å². The summed E-state index contributed by atoms with van der Waals surface area (Å²) in [5.74, 6) is -0.573. The summed E-state index contributed by atoms with van der Waals surface area (Å²) in [6, 6.07) is 0. The third-order valence-corrected chi connectivity index (χ3v) is 10.6. The minimum atomic E-state index is -3.98. The molecule has 0 aliphatic rings. The first-order valence-electron chi connectivity index (χ1n) is 19.5. The second-order valence-corrected chi connectivity index (χ2v) is 17.9. The molecule has 0 saturated carbocycles. The van der Waals surface area contributed by atoms with Gasteiger partial charge in [-0.2, -0.15) is 0 Å². The second kappa shape index (κ2) is 41.4. The van der Waals surface area contributed by atoms with E-state index in [-0.39, 0.29) is 43.1 Å². The summed E-state index contributed by atoms with van der Waals surface area (Å²) in [4.78, 5) is 0. The summed E-state index contributed by atoms with van der Waals surface area (Å²) in [7, 11) is -11.9. The molecule has 0 aliphatic carbocycles. The summed E-state index contributed by atoms with van der Waals surface area (Å²) < 4.78 is 92.8. The third-order valence-electron chi connectivity index (χ3n) is 8.24. The Balaban J connectivity index is -0.000000307. The van der Waals surface area contributed by atoms with E-state index < -0.39 is 30.4 Å². The Morgan fingerprint density at radius 1 is 0.265 bits per heavy atom. The molecule has 0 radical (unpaired) electrons. The van der Waals surface area contributed by atoms with Gasteiger partial charge in [0, 0.05) is 17.3 Å². The number of hydrogen-bond acceptors (Lipinski definition) is 9. The van der Waals surface area contributed by atoms with E-state index in [0.29, 0.717) is 19.3 Å². The first-order chi connectivity index (χ1) is 22.7. The van der Waals surface area contributed by atoms with Gasteiger partial charge >= 0.3 is 25.8 Å². The Kier molecular flexibility index (Phi) is 47.6. The average molecular weight is 863 g/mol. The van der Waals surface area contributed by atoms with Crippen molar-refractivity contribution in [3.8, 4) is 0 Å². The molecule has 0 heterocycles. The number of hydrogen-bond donors (Lipinski definition) is 0. The zero-order valence-electron chi connectivity index (χ0n) is 31.8. The van der Waals surface area contributed by atoms with Crippen LogP contribution in [0, 0.1) is 0 Å². The Labute approximate surface area is 323 Å². The van der Waals surface area contributed by atoms with Crippen molar-refractivity contribution < 1.29 is 38.9 Å². The molecule has 0 aliphatic heterocycles. The maximum atomic E-state index is 10.3. The Bertz CT molecular complexity index is 835. The molecule has 0 atom stereocenters. The van der Waals surface area contributed by atoms with E-state index in [4.69, 9.17) is 0 Å². The van der Waals surface area contributed by atoms with E-state index in [1.54, 1.807) is 0 Å². The van der Waals surface area contributed by atoms with E-state index in [9.17, 15) is 38.9 Å². The van der Waals surface area contributed by atoms with Crippen molar-refractivity contribution in [2.45, 2.75) is 213 Å². The van der Waals surface area contributed by atoms with Crippen LogP contribution < -0.4 is 0 Å². The van der Waals surface area contributed by atoms with Crippen LogP contribution in [-0.4, -0.2) is 82.0 Å². The van der Waals surface area contributed by atoms with Crippen LogP contribution in [0.3, 0.4) is 0 Å². The molecule has 49 heavy (non-hydrogen) atoms. The maximum Gasteiger partial charge on any atom is 3.00 e. The smallest absolute Gasteiger partial charge is 0.748 e. The van der Waals surface area contributed by atoms with Crippen molar-refractivity contribution in [3.05, 3.63) is 0 Å². The van der Waals surface area contributed by atoms with Crippen LogP contribution in [0.25, 0.3) is 0 Å². The first-order valence-corrected chi connectivity index (χ1v) is 24.2. The Morgan fingerprint density at radius 3 is 0.510 bits per heavy atom. The molecule has 0 saturated heterocycles. The predicted octanol–water partition coefficient (Wildman–Crippen LogP) is 9.98. The molecule has 0 fully saturated rings. The largest absolute Gasteiger partial charge is 3.00 e. The molecule has 294 valence electrons. The molecule has 0 aromatic heterocycles. The average Bonchev–Trinajstić information content (AvgIpc) is 2.99. The van der Waals surface area contributed by atoms with Gasteiger partial charge in [0.1, 0.15) is 0 Å². The summed E-state index contributed by atoms with van der Waals surface area (Å²) in [6.07, 6.45) is 34.3. The van der Waals surface area contributed by atoms with Gasteiger partial charge in [-0.3, -0.25) is 0 Å². The molecule has 13 heteroatoms. The SMILES string of the molecule is CCCCCCCCCCCCS(=O)(=O)[O-].CCCCCCCCCCCCS(=O)(=O)[O-].CCCCCCCCCCCCS(=O)(=O)[O-].[In+3]. The Morgan fingerprint density at radius 2 is 0.388 bits per heavy atom. The van der Waals surface area contributed by atoms with Crippen LogP contribution in [-0.2, 0) is 30.4 Å². The second-order valence-electron chi connectivity index (χ2n) is 13.3. The fourth-order valence-corrected chi connectivity index (χ4v) is 6.97. The standard InChI is InChI=1S/3C12H26O3S.In/c3*1-2-3-4-5-6-7-8-9-10-11-12-16(13,14)15;/h3*2-12H2,1H3,(H,13,14,15);/q;;;+3/p-3. The quantitative estimate of drug-likeness (QED) is 0.0460. The topological polar surface area (TPSA) is 172 Å². The minimum Gasteiger partial charge on any atom is -0.748 e. The van der Waals surface area contributed by atoms with Crippen molar-refractivity contribution in [1.29, 1.82) is 0 Å². The van der Waals surface area contributed by atoms with Crippen LogP contribution >= 0.6 is 0 Å². The molecule has 0 amide bonds. The normalized spacial score (nSPS) is 11.6. The molecule has 0 bridgehead atoms.